The van der Waals surface area contributed by atoms with Crippen LogP contribution in [0.4, 0.5) is 13.9 Å². The van der Waals surface area contributed by atoms with Crippen molar-refractivity contribution >= 4 is 44.2 Å². The van der Waals surface area contributed by atoms with Crippen molar-refractivity contribution in [2.75, 3.05) is 4.90 Å². The second kappa shape index (κ2) is 7.85. The van der Waals surface area contributed by atoms with Gasteiger partial charge in [-0.25, -0.2) is 13.8 Å². The van der Waals surface area contributed by atoms with E-state index in [-0.39, 0.29) is 12.1 Å². The number of halogens is 3. The lowest BCUT2D eigenvalue weighted by molar-refractivity contribution is 0.0981. The van der Waals surface area contributed by atoms with E-state index in [0.29, 0.717) is 21.7 Å². The van der Waals surface area contributed by atoms with Crippen LogP contribution in [-0.4, -0.2) is 15.9 Å². The van der Waals surface area contributed by atoms with Gasteiger partial charge in [0.15, 0.2) is 5.13 Å². The summed E-state index contributed by atoms with van der Waals surface area (Å²) in [5.41, 5.74) is 2.09. The first kappa shape index (κ1) is 19.4. The third-order valence-corrected chi connectivity index (χ3v) is 5.93. The van der Waals surface area contributed by atoms with Crippen LogP contribution in [0.3, 0.4) is 0 Å². The number of thiazole rings is 1. The summed E-state index contributed by atoms with van der Waals surface area (Å²) in [6.45, 7) is 2.02. The lowest BCUT2D eigenvalue weighted by Gasteiger charge is -2.20. The SMILES string of the molecule is Cc1ccc(Cl)c2sc(N(Cc3cccnc3)C(=O)c3ccc(F)cc3F)nc12. The molecule has 0 atom stereocenters. The second-order valence-corrected chi connectivity index (χ2v) is 7.80. The summed E-state index contributed by atoms with van der Waals surface area (Å²) in [5, 5.41) is 0.893. The van der Waals surface area contributed by atoms with E-state index in [2.05, 4.69) is 9.97 Å². The highest BCUT2D eigenvalue weighted by Gasteiger charge is 2.25. The van der Waals surface area contributed by atoms with Crippen LogP contribution in [0, 0.1) is 18.6 Å². The Bertz CT molecular complexity index is 1170. The number of benzene rings is 2. The highest BCUT2D eigenvalue weighted by molar-refractivity contribution is 7.23. The molecule has 0 N–H and O–H groups in total. The number of pyridine rings is 1. The van der Waals surface area contributed by atoms with Crippen molar-refractivity contribution < 1.29 is 13.6 Å². The van der Waals surface area contributed by atoms with Gasteiger partial charge in [-0.05, 0) is 42.3 Å². The monoisotopic (exact) mass is 429 g/mol. The van der Waals surface area contributed by atoms with Gasteiger partial charge in [0, 0.05) is 18.5 Å². The molecule has 2 heterocycles. The summed E-state index contributed by atoms with van der Waals surface area (Å²) < 4.78 is 28.4. The summed E-state index contributed by atoms with van der Waals surface area (Å²) in [6, 6.07) is 10.0. The van der Waals surface area contributed by atoms with E-state index < -0.39 is 17.5 Å². The van der Waals surface area contributed by atoms with E-state index in [9.17, 15) is 13.6 Å². The molecule has 0 aliphatic heterocycles. The van der Waals surface area contributed by atoms with Crippen molar-refractivity contribution in [3.63, 3.8) is 0 Å². The van der Waals surface area contributed by atoms with Crippen LogP contribution in [0.5, 0.6) is 0 Å². The Kier molecular flexibility index (Phi) is 5.25. The van der Waals surface area contributed by atoms with Crippen LogP contribution in [0.15, 0.2) is 54.9 Å². The van der Waals surface area contributed by atoms with Crippen LogP contribution in [0.2, 0.25) is 5.02 Å². The molecule has 29 heavy (non-hydrogen) atoms. The molecule has 0 aliphatic rings. The van der Waals surface area contributed by atoms with Crippen LogP contribution >= 0.6 is 22.9 Å². The quantitative estimate of drug-likeness (QED) is 0.413. The molecule has 2 aromatic carbocycles. The van der Waals surface area contributed by atoms with Crippen LogP contribution in [-0.2, 0) is 6.54 Å². The van der Waals surface area contributed by atoms with Crippen LogP contribution < -0.4 is 4.90 Å². The van der Waals surface area contributed by atoms with Gasteiger partial charge >= 0.3 is 0 Å². The molecule has 0 aliphatic carbocycles. The molecule has 4 nitrogen and oxygen atoms in total. The molecule has 0 saturated heterocycles. The van der Waals surface area contributed by atoms with E-state index in [1.165, 1.54) is 16.2 Å². The third-order valence-electron chi connectivity index (χ3n) is 4.39. The number of aromatic nitrogens is 2. The summed E-state index contributed by atoms with van der Waals surface area (Å²) in [4.78, 5) is 23.2. The molecule has 0 spiro atoms. The molecule has 4 rings (SSSR count). The molecule has 0 radical (unpaired) electrons. The zero-order valence-electron chi connectivity index (χ0n) is 15.2. The Morgan fingerprint density at radius 2 is 2.03 bits per heavy atom. The summed E-state index contributed by atoms with van der Waals surface area (Å²) in [5.74, 6) is -2.30. The average molecular weight is 430 g/mol. The highest BCUT2D eigenvalue weighted by Crippen LogP contribution is 2.36. The normalized spacial score (nSPS) is 11.0. The fourth-order valence-corrected chi connectivity index (χ4v) is 4.23. The highest BCUT2D eigenvalue weighted by atomic mass is 35.5. The maximum absolute atomic E-state index is 14.3. The first-order valence-electron chi connectivity index (χ1n) is 8.65. The van der Waals surface area contributed by atoms with Crippen molar-refractivity contribution in [3.05, 3.63) is 88.2 Å². The fourth-order valence-electron chi connectivity index (χ4n) is 2.92. The molecule has 1 amide bonds. The van der Waals surface area contributed by atoms with E-state index in [4.69, 9.17) is 11.6 Å². The first-order chi connectivity index (χ1) is 13.9. The molecular weight excluding hydrogens is 416 g/mol. The third kappa shape index (κ3) is 3.83. The zero-order valence-corrected chi connectivity index (χ0v) is 16.8. The molecule has 0 bridgehead atoms. The van der Waals surface area contributed by atoms with Crippen LogP contribution in [0.25, 0.3) is 10.2 Å². The Morgan fingerprint density at radius 3 is 2.72 bits per heavy atom. The van der Waals surface area contributed by atoms with Gasteiger partial charge in [0.2, 0.25) is 0 Å². The molecule has 0 saturated carbocycles. The molecule has 8 heteroatoms. The number of rotatable bonds is 4. The number of nitrogens with zero attached hydrogens (tertiary/aromatic N) is 3. The fraction of sp³-hybridized carbons (Fsp3) is 0.0952. The number of hydrogen-bond donors (Lipinski definition) is 0. The standard InChI is InChI=1S/C21H14ClF2N3OS/c1-12-4-7-16(22)19-18(12)26-21(29-19)27(11-13-3-2-8-25-10-13)20(28)15-6-5-14(23)9-17(15)24/h2-10H,11H2,1H3. The van der Waals surface area contributed by atoms with Crippen molar-refractivity contribution in [2.24, 2.45) is 0 Å². The van der Waals surface area contributed by atoms with E-state index in [1.807, 2.05) is 13.0 Å². The van der Waals surface area contributed by atoms with Gasteiger partial charge < -0.3 is 0 Å². The Labute approximate surface area is 174 Å². The maximum Gasteiger partial charge on any atom is 0.263 e. The predicted octanol–water partition coefficient (Wildman–Crippen LogP) is 5.78. The molecule has 2 aromatic heterocycles. The van der Waals surface area contributed by atoms with Gasteiger partial charge in [0.1, 0.15) is 11.6 Å². The minimum Gasteiger partial charge on any atom is -0.279 e. The van der Waals surface area contributed by atoms with Gasteiger partial charge in [-0.1, -0.05) is 35.1 Å². The number of aryl methyl sites for hydroxylation is 1. The average Bonchev–Trinajstić information content (AvgIpc) is 3.16. The number of anilines is 1. The predicted molar refractivity (Wildman–Crippen MR) is 110 cm³/mol. The number of amides is 1. The largest absolute Gasteiger partial charge is 0.279 e. The second-order valence-electron chi connectivity index (χ2n) is 6.42. The van der Waals surface area contributed by atoms with Crippen LogP contribution in [0.1, 0.15) is 21.5 Å². The van der Waals surface area contributed by atoms with Gasteiger partial charge in [-0.3, -0.25) is 14.7 Å². The Morgan fingerprint density at radius 1 is 1.21 bits per heavy atom. The Balaban J connectivity index is 1.83. The molecule has 0 fully saturated rings. The van der Waals surface area contributed by atoms with Crippen molar-refractivity contribution in [1.29, 1.82) is 0 Å². The van der Waals surface area contributed by atoms with Gasteiger partial charge in [0.25, 0.3) is 5.91 Å². The van der Waals surface area contributed by atoms with E-state index in [1.54, 1.807) is 30.6 Å². The minimum atomic E-state index is -0.929. The molecule has 0 unspecified atom stereocenters. The smallest absolute Gasteiger partial charge is 0.263 e. The summed E-state index contributed by atoms with van der Waals surface area (Å²) in [7, 11) is 0. The zero-order chi connectivity index (χ0) is 20.5. The number of carbonyl (C=O) groups is 1. The van der Waals surface area contributed by atoms with Crippen molar-refractivity contribution in [3.8, 4) is 0 Å². The topological polar surface area (TPSA) is 46.1 Å². The van der Waals surface area contributed by atoms with Gasteiger partial charge in [-0.15, -0.1) is 0 Å². The summed E-state index contributed by atoms with van der Waals surface area (Å²) in [6.07, 6.45) is 3.24. The van der Waals surface area contributed by atoms with Gasteiger partial charge in [-0.2, -0.15) is 0 Å². The van der Waals surface area contributed by atoms with E-state index >= 15 is 0 Å². The molecule has 146 valence electrons. The number of carbonyl (C=O) groups excluding carboxylic acids is 1. The van der Waals surface area contributed by atoms with Crippen molar-refractivity contribution in [2.45, 2.75) is 13.5 Å². The Hall–Kier alpha value is -2.90. The van der Waals surface area contributed by atoms with Gasteiger partial charge in [0.05, 0.1) is 27.3 Å². The lowest BCUT2D eigenvalue weighted by Crippen LogP contribution is -2.31. The van der Waals surface area contributed by atoms with E-state index in [0.717, 1.165) is 28.0 Å². The number of hydrogen-bond acceptors (Lipinski definition) is 4. The first-order valence-corrected chi connectivity index (χ1v) is 9.85. The summed E-state index contributed by atoms with van der Waals surface area (Å²) >= 11 is 7.54. The number of fused-ring (bicyclic) bond motifs is 1. The lowest BCUT2D eigenvalue weighted by atomic mass is 10.1. The molecular formula is C21H14ClF2N3OS. The minimum absolute atomic E-state index is 0.125. The molecule has 4 aromatic rings. The maximum atomic E-state index is 14.3. The van der Waals surface area contributed by atoms with Crippen molar-refractivity contribution in [1.82, 2.24) is 9.97 Å².